The fourth-order valence-corrected chi connectivity index (χ4v) is 3.21. The number of carbonyl (C=O) groups is 1. The molecule has 35 heavy (non-hydrogen) atoms. The molecule has 0 amide bonds. The number of phenolic OH excluding ortho intramolecular Hbond substituents is 1. The van der Waals surface area contributed by atoms with E-state index in [1.54, 1.807) is 30.4 Å². The molecule has 4 nitrogen and oxygen atoms in total. The maximum Gasteiger partial charge on any atom is 0.311 e. The standard InChI is InChI=1S/C27H36B4O4/c1-4-5-14-26(28,29)16-17-27(30,31)15-12-10-8-6-7-9-11-13-25(33)35-24-19-22(32)18-23(20-24)34-21(2)3/h5,12,14-21,32H,4,6-11,13H2,1-3H3/b14-5-,15-12-,17-16-. The molecule has 1 aromatic carbocycles. The number of esters is 1. The summed E-state index contributed by atoms with van der Waals surface area (Å²) in [7, 11) is 24.0. The first kappa shape index (κ1) is 30.8. The predicted octanol–water partition coefficient (Wildman–Crippen LogP) is 5.80. The van der Waals surface area contributed by atoms with Crippen molar-refractivity contribution >= 4 is 37.4 Å². The Morgan fingerprint density at radius 1 is 0.886 bits per heavy atom. The first-order valence-corrected chi connectivity index (χ1v) is 12.3. The zero-order valence-corrected chi connectivity index (χ0v) is 21.4. The lowest BCUT2D eigenvalue weighted by Crippen LogP contribution is -2.10. The van der Waals surface area contributed by atoms with Crippen molar-refractivity contribution in [2.24, 2.45) is 0 Å². The molecule has 180 valence electrons. The van der Waals surface area contributed by atoms with E-state index >= 15 is 0 Å². The Labute approximate surface area is 217 Å². The van der Waals surface area contributed by atoms with Gasteiger partial charge in [0.25, 0.3) is 0 Å². The Balaban J connectivity index is 2.25. The van der Waals surface area contributed by atoms with Crippen LogP contribution >= 0.6 is 0 Å². The minimum atomic E-state index is -1.11. The molecule has 8 radical (unpaired) electrons. The number of unbranched alkanes of at least 4 members (excludes halogenated alkanes) is 5. The molecule has 0 atom stereocenters. The second-order valence-electron chi connectivity index (χ2n) is 9.16. The topological polar surface area (TPSA) is 55.8 Å². The number of hydrogen-bond donors (Lipinski definition) is 1. The molecule has 0 aromatic heterocycles. The van der Waals surface area contributed by atoms with E-state index in [0.717, 1.165) is 44.9 Å². The van der Waals surface area contributed by atoms with Gasteiger partial charge < -0.3 is 14.6 Å². The number of ether oxygens (including phenoxy) is 2. The SMILES string of the molecule is [B]C([B])(/C=C\CC)/C=C\C([B])([B])/C=C\CCCCCCCC(=O)Oc1cc(O)cc(OC(C)C)c1. The van der Waals surface area contributed by atoms with E-state index in [4.69, 9.17) is 40.9 Å². The Hall–Kier alpha value is -2.23. The molecule has 0 heterocycles. The summed E-state index contributed by atoms with van der Waals surface area (Å²) in [5, 5.41) is 7.60. The van der Waals surface area contributed by atoms with Crippen molar-refractivity contribution < 1.29 is 19.4 Å². The van der Waals surface area contributed by atoms with Crippen molar-refractivity contribution in [3.8, 4) is 17.2 Å². The minimum Gasteiger partial charge on any atom is -0.508 e. The number of phenols is 1. The Morgan fingerprint density at radius 2 is 1.46 bits per heavy atom. The molecule has 1 aromatic rings. The van der Waals surface area contributed by atoms with E-state index in [1.165, 1.54) is 12.1 Å². The summed E-state index contributed by atoms with van der Waals surface area (Å²) < 4.78 is 10.9. The first-order valence-electron chi connectivity index (χ1n) is 12.3. The highest BCUT2D eigenvalue weighted by molar-refractivity contribution is 6.44. The van der Waals surface area contributed by atoms with Gasteiger partial charge in [-0.05, 0) is 39.5 Å². The highest BCUT2D eigenvalue weighted by Crippen LogP contribution is 2.29. The van der Waals surface area contributed by atoms with Crippen molar-refractivity contribution in [1.29, 1.82) is 0 Å². The quantitative estimate of drug-likeness (QED) is 0.110. The summed E-state index contributed by atoms with van der Waals surface area (Å²) >= 11 is 0. The molecule has 0 bridgehead atoms. The molecule has 0 unspecified atom stereocenters. The molecule has 0 saturated carbocycles. The fraction of sp³-hybridized carbons (Fsp3) is 0.519. The fourth-order valence-electron chi connectivity index (χ4n) is 3.21. The minimum absolute atomic E-state index is 0.00599. The van der Waals surface area contributed by atoms with Crippen molar-refractivity contribution in [2.45, 2.75) is 88.7 Å². The van der Waals surface area contributed by atoms with Gasteiger partial charge in [0.15, 0.2) is 0 Å². The van der Waals surface area contributed by atoms with Crippen LogP contribution in [0.1, 0.15) is 72.1 Å². The van der Waals surface area contributed by atoms with Crippen LogP contribution in [0.2, 0.25) is 10.4 Å². The number of hydrogen-bond acceptors (Lipinski definition) is 4. The van der Waals surface area contributed by atoms with Gasteiger partial charge in [-0.15, -0.1) is 0 Å². The lowest BCUT2D eigenvalue weighted by Gasteiger charge is -2.21. The van der Waals surface area contributed by atoms with Crippen LogP contribution in [-0.2, 0) is 4.79 Å². The molecule has 1 N–H and O–H groups in total. The zero-order valence-electron chi connectivity index (χ0n) is 21.4. The lowest BCUT2D eigenvalue weighted by atomic mass is 9.50. The van der Waals surface area contributed by atoms with Crippen molar-refractivity contribution in [3.63, 3.8) is 0 Å². The van der Waals surface area contributed by atoms with E-state index in [1.807, 2.05) is 32.9 Å². The first-order chi connectivity index (χ1) is 16.4. The zero-order chi connectivity index (χ0) is 26.3. The Morgan fingerprint density at radius 3 is 2.09 bits per heavy atom. The molecule has 0 spiro atoms. The summed E-state index contributed by atoms with van der Waals surface area (Å²) in [5.74, 6) is 0.414. The average Bonchev–Trinajstić information content (AvgIpc) is 2.74. The van der Waals surface area contributed by atoms with E-state index in [2.05, 4.69) is 0 Å². The highest BCUT2D eigenvalue weighted by atomic mass is 16.5. The van der Waals surface area contributed by atoms with Crippen LogP contribution in [0.25, 0.3) is 0 Å². The van der Waals surface area contributed by atoms with Crippen LogP contribution in [0.3, 0.4) is 0 Å². The van der Waals surface area contributed by atoms with Gasteiger partial charge in [-0.2, -0.15) is 0 Å². The van der Waals surface area contributed by atoms with Gasteiger partial charge >= 0.3 is 5.97 Å². The molecule has 0 fully saturated rings. The van der Waals surface area contributed by atoms with Crippen LogP contribution in [0.4, 0.5) is 0 Å². The monoisotopic (exact) mass is 468 g/mol. The second kappa shape index (κ2) is 15.7. The smallest absolute Gasteiger partial charge is 0.311 e. The maximum absolute atomic E-state index is 12.1. The summed E-state index contributed by atoms with van der Waals surface area (Å²) in [4.78, 5) is 12.1. The van der Waals surface area contributed by atoms with Crippen molar-refractivity contribution in [2.75, 3.05) is 0 Å². The molecule has 0 aliphatic carbocycles. The van der Waals surface area contributed by atoms with Gasteiger partial charge in [0, 0.05) is 24.6 Å². The highest BCUT2D eigenvalue weighted by Gasteiger charge is 2.13. The van der Waals surface area contributed by atoms with Gasteiger partial charge in [0.05, 0.1) is 37.5 Å². The van der Waals surface area contributed by atoms with Crippen LogP contribution in [0, 0.1) is 0 Å². The average molecular weight is 468 g/mol. The summed E-state index contributed by atoms with van der Waals surface area (Å²) in [5.41, 5.74) is 0. The lowest BCUT2D eigenvalue weighted by molar-refractivity contribution is -0.134. The van der Waals surface area contributed by atoms with Crippen molar-refractivity contribution in [1.82, 2.24) is 0 Å². The van der Waals surface area contributed by atoms with E-state index < -0.39 is 10.4 Å². The number of allylic oxidation sites excluding steroid dienone is 6. The van der Waals surface area contributed by atoms with Gasteiger partial charge in [-0.1, -0.05) is 73.1 Å². The van der Waals surface area contributed by atoms with E-state index in [-0.39, 0.29) is 23.6 Å². The second-order valence-corrected chi connectivity index (χ2v) is 9.16. The Bertz CT molecular complexity index is 861. The van der Waals surface area contributed by atoms with Gasteiger partial charge in [-0.3, -0.25) is 4.79 Å². The third kappa shape index (κ3) is 15.4. The summed E-state index contributed by atoms with van der Waals surface area (Å²) in [6, 6.07) is 4.49. The number of benzene rings is 1. The molecular formula is C27H36B4O4. The Kier molecular flexibility index (Phi) is 13.8. The molecular weight excluding hydrogens is 432 g/mol. The number of aromatic hydroxyl groups is 1. The molecule has 1 rings (SSSR count). The normalized spacial score (nSPS) is 12.8. The third-order valence-electron chi connectivity index (χ3n) is 4.93. The van der Waals surface area contributed by atoms with Gasteiger partial charge in [-0.25, -0.2) is 0 Å². The van der Waals surface area contributed by atoms with E-state index in [0.29, 0.717) is 12.2 Å². The van der Waals surface area contributed by atoms with Crippen molar-refractivity contribution in [3.05, 3.63) is 54.7 Å². The van der Waals surface area contributed by atoms with Gasteiger partial charge in [0.2, 0.25) is 0 Å². The number of carbonyl (C=O) groups excluding carboxylic acids is 1. The summed E-state index contributed by atoms with van der Waals surface area (Å²) in [6.45, 7) is 5.77. The van der Waals surface area contributed by atoms with Crippen LogP contribution in [0.15, 0.2) is 54.7 Å². The van der Waals surface area contributed by atoms with Gasteiger partial charge in [0.1, 0.15) is 17.2 Å². The molecule has 0 aliphatic heterocycles. The van der Waals surface area contributed by atoms with Crippen LogP contribution in [-0.4, -0.2) is 48.6 Å². The largest absolute Gasteiger partial charge is 0.508 e. The number of rotatable bonds is 16. The van der Waals surface area contributed by atoms with Crippen LogP contribution in [0.5, 0.6) is 17.2 Å². The molecule has 8 heteroatoms. The predicted molar refractivity (Wildman–Crippen MR) is 148 cm³/mol. The molecule has 0 aliphatic rings. The maximum atomic E-state index is 12.1. The molecule has 0 saturated heterocycles. The third-order valence-corrected chi connectivity index (χ3v) is 4.93. The van der Waals surface area contributed by atoms with Crippen LogP contribution < -0.4 is 9.47 Å². The van der Waals surface area contributed by atoms with E-state index in [9.17, 15) is 9.90 Å². The summed E-state index contributed by atoms with van der Waals surface area (Å²) in [6.07, 6.45) is 17.2.